The minimum Gasteiger partial charge on any atom is -0.484 e. The fourth-order valence-corrected chi connectivity index (χ4v) is 8.21. The van der Waals surface area contributed by atoms with E-state index in [1.165, 1.54) is 14.2 Å². The molecule has 2 atom stereocenters. The number of nitrogens with one attached hydrogen (secondary N) is 2. The molecule has 1 heterocycles. The van der Waals surface area contributed by atoms with E-state index in [0.717, 1.165) is 6.42 Å². The Balaban J connectivity index is 2.51. The van der Waals surface area contributed by atoms with Crippen molar-refractivity contribution >= 4 is 103 Å². The van der Waals surface area contributed by atoms with Gasteiger partial charge in [-0.2, -0.15) is 0 Å². The lowest BCUT2D eigenvalue weighted by atomic mass is 10.1. The van der Waals surface area contributed by atoms with Crippen LogP contribution in [-0.2, 0) is 9.53 Å². The second-order valence-electron chi connectivity index (χ2n) is 8.61. The van der Waals surface area contributed by atoms with E-state index in [-0.39, 0.29) is 23.3 Å². The predicted molar refractivity (Wildman–Crippen MR) is 169 cm³/mol. The van der Waals surface area contributed by atoms with Crippen LogP contribution in [0.3, 0.4) is 0 Å². The van der Waals surface area contributed by atoms with Crippen LogP contribution in [-0.4, -0.2) is 74.3 Å². The molecule has 1 fully saturated rings. The Bertz CT molecular complexity index is 1110. The number of nitrogens with two attached hydrogens (primary N) is 2. The van der Waals surface area contributed by atoms with Crippen molar-refractivity contribution in [3.05, 3.63) is 21.8 Å². The Morgan fingerprint density at radius 1 is 1.14 bits per heavy atom. The van der Waals surface area contributed by atoms with E-state index in [1.54, 1.807) is 11.8 Å². The molecule has 1 aromatic rings. The van der Waals surface area contributed by atoms with Gasteiger partial charge < -0.3 is 31.7 Å². The molecule has 11 nitrogen and oxygen atoms in total. The van der Waals surface area contributed by atoms with Crippen LogP contribution in [0.25, 0.3) is 0 Å². The quantitative estimate of drug-likeness (QED) is 0.129. The van der Waals surface area contributed by atoms with Crippen molar-refractivity contribution in [2.24, 2.45) is 27.4 Å². The van der Waals surface area contributed by atoms with Gasteiger partial charge in [0, 0.05) is 37.2 Å². The van der Waals surface area contributed by atoms with Crippen LogP contribution in [0.15, 0.2) is 9.98 Å². The molecule has 0 bridgehead atoms. The number of ether oxygens (including phenoxy) is 1. The molecule has 37 heavy (non-hydrogen) atoms. The summed E-state index contributed by atoms with van der Waals surface area (Å²) in [6, 6.07) is -0.769. The van der Waals surface area contributed by atoms with Crippen molar-refractivity contribution in [2.75, 3.05) is 33.8 Å². The lowest BCUT2D eigenvalue weighted by molar-refractivity contribution is -0.132. The van der Waals surface area contributed by atoms with Gasteiger partial charge in [-0.15, -0.1) is 0 Å². The number of hydrogen-bond acceptors (Lipinski definition) is 6. The molecule has 1 aliphatic heterocycles. The van der Waals surface area contributed by atoms with Gasteiger partial charge in [-0.3, -0.25) is 19.4 Å². The normalized spacial score (nSPS) is 16.2. The fourth-order valence-electron chi connectivity index (χ4n) is 3.82. The third-order valence-corrected chi connectivity index (χ3v) is 9.00. The maximum absolute atomic E-state index is 13.7. The number of nitrogens with zero attached hydrogens (tertiary/aromatic N) is 3. The standard InChI is InChI=1S/C23H32I3N7O4/c1-11-7-9-33(10-11)22(36)13(6-5-8-30-23(27)28)32-21(35)15-16(24)14(20(34)29-3)17(25)19(18(15)26)31-12(2)37-4/h11,13H,5-10H2,1-4H3,(H,29,34)(H,32,35)(H4,27,28,30). The predicted octanol–water partition coefficient (Wildman–Crippen LogP) is 2.58. The van der Waals surface area contributed by atoms with E-state index < -0.39 is 11.9 Å². The van der Waals surface area contributed by atoms with Gasteiger partial charge in [0.25, 0.3) is 11.8 Å². The van der Waals surface area contributed by atoms with Crippen molar-refractivity contribution in [2.45, 2.75) is 39.2 Å². The number of rotatable bonds is 9. The van der Waals surface area contributed by atoms with Crippen LogP contribution < -0.4 is 22.1 Å². The van der Waals surface area contributed by atoms with E-state index in [9.17, 15) is 14.4 Å². The molecule has 6 N–H and O–H groups in total. The van der Waals surface area contributed by atoms with Crippen LogP contribution in [0.4, 0.5) is 5.69 Å². The summed E-state index contributed by atoms with van der Waals surface area (Å²) < 4.78 is 6.83. The molecular formula is C23H32I3N7O4. The van der Waals surface area contributed by atoms with Gasteiger partial charge in [-0.25, -0.2) is 4.99 Å². The van der Waals surface area contributed by atoms with Crippen molar-refractivity contribution in [3.8, 4) is 0 Å². The number of likely N-dealkylation sites (tertiary alicyclic amines) is 1. The Morgan fingerprint density at radius 3 is 2.27 bits per heavy atom. The monoisotopic (exact) mass is 851 g/mol. The molecule has 204 valence electrons. The number of halogens is 3. The number of guanidine groups is 1. The maximum atomic E-state index is 13.7. The summed E-state index contributed by atoms with van der Waals surface area (Å²) in [6.45, 7) is 5.42. The highest BCUT2D eigenvalue weighted by atomic mass is 127. The van der Waals surface area contributed by atoms with Crippen LogP contribution in [0.2, 0.25) is 0 Å². The van der Waals surface area contributed by atoms with Crippen LogP contribution in [0, 0.1) is 16.6 Å². The van der Waals surface area contributed by atoms with Crippen molar-refractivity contribution in [1.29, 1.82) is 0 Å². The summed E-state index contributed by atoms with van der Waals surface area (Å²) >= 11 is 6.10. The van der Waals surface area contributed by atoms with Crippen molar-refractivity contribution in [3.63, 3.8) is 0 Å². The zero-order valence-electron chi connectivity index (χ0n) is 21.2. The molecule has 0 spiro atoms. The zero-order chi connectivity index (χ0) is 27.9. The van der Waals surface area contributed by atoms with Gasteiger partial charge in [0.15, 0.2) is 11.9 Å². The smallest absolute Gasteiger partial charge is 0.254 e. The first-order valence-electron chi connectivity index (χ1n) is 11.6. The molecule has 1 aliphatic rings. The molecule has 1 aromatic carbocycles. The van der Waals surface area contributed by atoms with E-state index in [2.05, 4.69) is 72.7 Å². The molecule has 0 saturated carbocycles. The number of methoxy groups -OCH3 is 1. The summed E-state index contributed by atoms with van der Waals surface area (Å²) in [5.41, 5.74) is 11.9. The topological polar surface area (TPSA) is 164 Å². The van der Waals surface area contributed by atoms with Gasteiger partial charge >= 0.3 is 0 Å². The van der Waals surface area contributed by atoms with E-state index in [1.807, 2.05) is 22.6 Å². The average molecular weight is 851 g/mol. The van der Waals surface area contributed by atoms with E-state index >= 15 is 0 Å². The summed E-state index contributed by atoms with van der Waals surface area (Å²) in [4.78, 5) is 50.2. The molecule has 0 radical (unpaired) electrons. The molecule has 2 rings (SSSR count). The van der Waals surface area contributed by atoms with Gasteiger partial charge in [0.05, 0.1) is 31.1 Å². The fraction of sp³-hybridized carbons (Fsp3) is 0.522. The number of aliphatic imine (C=N–C) groups is 2. The molecule has 2 unspecified atom stereocenters. The second-order valence-corrected chi connectivity index (χ2v) is 11.8. The number of benzene rings is 1. The molecule has 3 amide bonds. The van der Waals surface area contributed by atoms with Gasteiger partial charge in [-0.05, 0) is 93.0 Å². The lowest BCUT2D eigenvalue weighted by Gasteiger charge is -2.25. The third kappa shape index (κ3) is 8.27. The first-order valence-corrected chi connectivity index (χ1v) is 14.8. The first-order chi connectivity index (χ1) is 17.4. The second kappa shape index (κ2) is 14.6. The highest BCUT2D eigenvalue weighted by Gasteiger charge is 2.33. The van der Waals surface area contributed by atoms with E-state index in [4.69, 9.17) is 16.2 Å². The lowest BCUT2D eigenvalue weighted by Crippen LogP contribution is -2.48. The Kier molecular flexibility index (Phi) is 12.6. The number of amides is 3. The Hall–Kier alpha value is -1.44. The summed E-state index contributed by atoms with van der Waals surface area (Å²) in [5.74, 6) is -0.194. The third-order valence-electron chi connectivity index (χ3n) is 5.82. The van der Waals surface area contributed by atoms with Crippen LogP contribution in [0.5, 0.6) is 0 Å². The molecular weight excluding hydrogens is 819 g/mol. The van der Waals surface area contributed by atoms with E-state index in [0.29, 0.717) is 66.3 Å². The van der Waals surface area contributed by atoms with Gasteiger partial charge in [-0.1, -0.05) is 6.92 Å². The highest BCUT2D eigenvalue weighted by molar-refractivity contribution is 14.1. The summed E-state index contributed by atoms with van der Waals surface area (Å²) in [7, 11) is 3.02. The zero-order valence-corrected chi connectivity index (χ0v) is 27.6. The first kappa shape index (κ1) is 31.8. The largest absolute Gasteiger partial charge is 0.484 e. The Labute approximate surface area is 257 Å². The van der Waals surface area contributed by atoms with Crippen LogP contribution >= 0.6 is 67.8 Å². The molecule has 0 aromatic heterocycles. The van der Waals surface area contributed by atoms with Gasteiger partial charge in [0.2, 0.25) is 5.91 Å². The number of hydrogen-bond donors (Lipinski definition) is 4. The minimum atomic E-state index is -0.769. The number of carbonyl (C=O) groups excluding carboxylic acids is 3. The van der Waals surface area contributed by atoms with Crippen molar-refractivity contribution < 1.29 is 19.1 Å². The summed E-state index contributed by atoms with van der Waals surface area (Å²) in [5, 5.41) is 5.56. The minimum absolute atomic E-state index is 0.0237. The Morgan fingerprint density at radius 2 is 1.76 bits per heavy atom. The maximum Gasteiger partial charge on any atom is 0.254 e. The van der Waals surface area contributed by atoms with Gasteiger partial charge in [0.1, 0.15) is 6.04 Å². The number of carbonyl (C=O) groups is 3. The average Bonchev–Trinajstić information content (AvgIpc) is 3.28. The molecule has 0 aliphatic carbocycles. The SMILES string of the molecule is CNC(=O)c1c(I)c(N=C(C)OC)c(I)c(C(=O)NC(CCCN=C(N)N)C(=O)N2CCC(C)C2)c1I. The molecule has 1 saturated heterocycles. The van der Waals surface area contributed by atoms with Crippen LogP contribution in [0.1, 0.15) is 53.8 Å². The highest BCUT2D eigenvalue weighted by Crippen LogP contribution is 2.37. The summed E-state index contributed by atoms with van der Waals surface area (Å²) in [6.07, 6.45) is 1.79. The van der Waals surface area contributed by atoms with Crippen molar-refractivity contribution in [1.82, 2.24) is 15.5 Å². The molecule has 14 heteroatoms.